The smallest absolute Gasteiger partial charge is 0.631 e. The van der Waals surface area contributed by atoms with Crippen molar-refractivity contribution in [3.63, 3.8) is 0 Å². The van der Waals surface area contributed by atoms with E-state index in [4.69, 9.17) is 70.4 Å². The maximum Gasteiger partial charge on any atom is 0.631 e. The van der Waals surface area contributed by atoms with E-state index in [-0.39, 0.29) is 17.1 Å². The number of benzene rings is 1. The molecule has 0 aliphatic rings. The second kappa shape index (κ2) is 21.9. The summed E-state index contributed by atoms with van der Waals surface area (Å²) >= 11 is 0. The summed E-state index contributed by atoms with van der Waals surface area (Å²) in [4.78, 5) is 12.7. The number of nitro benzene ring substituents is 1. The van der Waals surface area contributed by atoms with E-state index < -0.39 is 34.2 Å². The molecule has 1 rings (SSSR count). The lowest BCUT2D eigenvalue weighted by Crippen LogP contribution is -2.29. The molecule has 0 radical (unpaired) electrons. The van der Waals surface area contributed by atoms with E-state index in [1.807, 2.05) is 0 Å². The maximum absolute atomic E-state index is 10.3. The Morgan fingerprint density at radius 3 is 1.45 bits per heavy atom. The summed E-state index contributed by atoms with van der Waals surface area (Å²) in [6.45, 7) is 0. The molecule has 18 nitrogen and oxygen atoms in total. The van der Waals surface area contributed by atoms with Gasteiger partial charge in [-0.1, -0.05) is 0 Å². The van der Waals surface area contributed by atoms with Crippen LogP contribution < -0.4 is 9.76 Å². The Balaban J connectivity index is -0.000000162. The molecule has 0 aliphatic carbocycles. The fourth-order valence-electron chi connectivity index (χ4n) is 0.862. The number of non-ortho nitro benzene ring substituents is 1. The Labute approximate surface area is 163 Å². The largest absolute Gasteiger partial charge is 0.832 e. The van der Waals surface area contributed by atoms with Gasteiger partial charge in [0.1, 0.15) is 0 Å². The fourth-order valence-corrected chi connectivity index (χ4v) is 0.862. The number of hydrogen-bond donors (Lipinski definition) is 11. The molecule has 0 amide bonds. The molecule has 1 aromatic rings. The molecule has 0 aromatic heterocycles. The minimum absolute atomic E-state index is 0.107. The van der Waals surface area contributed by atoms with Crippen LogP contribution in [0.5, 0.6) is 5.75 Å². The highest BCUT2D eigenvalue weighted by atomic mass is 16.6. The number of ether oxygens (including phenoxy) is 1. The third-order valence-corrected chi connectivity index (χ3v) is 1.48. The lowest BCUT2D eigenvalue weighted by atomic mass is 10.2. The van der Waals surface area contributed by atoms with E-state index in [9.17, 15) is 10.1 Å². The van der Waals surface area contributed by atoms with Gasteiger partial charge in [-0.15, -0.1) is 0 Å². The maximum atomic E-state index is 10.3. The molecule has 29 heavy (non-hydrogen) atoms. The molecule has 0 saturated carbocycles. The molecule has 0 aliphatic heterocycles. The van der Waals surface area contributed by atoms with Crippen LogP contribution in [-0.2, 0) is 0 Å². The minimum Gasteiger partial charge on any atom is -0.832 e. The normalized spacial score (nSPS) is 7.72. The van der Waals surface area contributed by atoms with Gasteiger partial charge in [-0.05, 0) is 0 Å². The summed E-state index contributed by atoms with van der Waals surface area (Å²) in [5, 5.41) is 106. The molecular weight excluding hydrogens is 409 g/mol. The Morgan fingerprint density at radius 2 is 1.24 bits per heavy atom. The van der Waals surface area contributed by atoms with E-state index in [0.29, 0.717) is 0 Å². The zero-order valence-corrected chi connectivity index (χ0v) is 14.4. The Bertz CT molecular complexity index is 536. The van der Waals surface area contributed by atoms with Crippen molar-refractivity contribution in [1.82, 2.24) is 0 Å². The van der Waals surface area contributed by atoms with Crippen molar-refractivity contribution in [3.8, 4) is 5.75 Å². The van der Waals surface area contributed by atoms with Crippen molar-refractivity contribution in [2.24, 2.45) is 0 Å². The summed E-state index contributed by atoms with van der Waals surface area (Å²) in [5.41, 5.74) is 0.0531. The number of nitro groups is 1. The van der Waals surface area contributed by atoms with Crippen LogP contribution in [0, 0.1) is 15.5 Å². The number of hydrogen-bond acceptors (Lipinski definition) is 16. The average molecular weight is 426 g/mol. The fraction of sp³-hybridized carbons (Fsp3) is 0.143. The summed E-state index contributed by atoms with van der Waals surface area (Å²) in [7, 11) is -7.58. The lowest BCUT2D eigenvalue weighted by molar-refractivity contribution is -0.384. The van der Waals surface area contributed by atoms with E-state index >= 15 is 0 Å². The quantitative estimate of drug-likeness (QED) is 0.0904. The molecule has 0 fully saturated rings. The van der Waals surface area contributed by atoms with Crippen LogP contribution >= 0.6 is 0 Å². The van der Waals surface area contributed by atoms with E-state index in [2.05, 4.69) is 4.98 Å². The molecule has 0 saturated heterocycles. The first-order chi connectivity index (χ1) is 13.1. The van der Waals surface area contributed by atoms with Crippen LogP contribution in [0.1, 0.15) is 0 Å². The molecule has 0 unspecified atom stereocenters. The number of nitrogens with zero attached hydrogens (tertiary/aromatic N) is 3. The van der Waals surface area contributed by atoms with Gasteiger partial charge >= 0.3 is 35.0 Å². The van der Waals surface area contributed by atoms with Gasteiger partial charge in [0.25, 0.3) is 5.69 Å². The summed E-state index contributed by atoms with van der Waals surface area (Å²) in [6, 6.07) is 3.73. The van der Waals surface area contributed by atoms with E-state index in [0.717, 1.165) is 0 Å². The molecule has 0 atom stereocenters. The third kappa shape index (κ3) is 41.2. The molecule has 22 heteroatoms. The van der Waals surface area contributed by atoms with Crippen molar-refractivity contribution in [3.05, 3.63) is 33.3 Å². The molecule has 0 bridgehead atoms. The highest BCUT2D eigenvalue weighted by Crippen LogP contribution is 2.30. The van der Waals surface area contributed by atoms with Gasteiger partial charge in [-0.2, -0.15) is 0 Å². The van der Waals surface area contributed by atoms with Crippen molar-refractivity contribution in [1.29, 1.82) is 5.39 Å². The molecule has 0 heterocycles. The minimum atomic E-state index is -2.42. The van der Waals surface area contributed by atoms with Crippen molar-refractivity contribution in [2.75, 3.05) is 7.11 Å². The molecule has 0 spiro atoms. The average Bonchev–Trinajstić information content (AvgIpc) is 2.51. The standard InChI is InChI=1S/C7H6N3O3.3BH3O3.BH2O3/c1-13-7-4-5(10(11)12)2-3-6(7)9-8;4*2-1(3)4/h2-4H,1H3;3*2-4H;2-3H/q+1;;;;-1. The Hall–Kier alpha value is -2.38. The van der Waals surface area contributed by atoms with E-state index in [1.54, 1.807) is 0 Å². The van der Waals surface area contributed by atoms with E-state index in [1.165, 1.54) is 25.3 Å². The van der Waals surface area contributed by atoms with Gasteiger partial charge in [-0.3, -0.25) is 10.1 Å². The zero-order chi connectivity index (χ0) is 24.2. The van der Waals surface area contributed by atoms with Gasteiger partial charge < -0.3 is 65.0 Å². The molecule has 11 N–H and O–H groups in total. The van der Waals surface area contributed by atoms with Gasteiger partial charge in [0, 0.05) is 12.1 Å². The second-order valence-corrected chi connectivity index (χ2v) is 3.58. The predicted molar refractivity (Wildman–Crippen MR) is 91.8 cm³/mol. The molecule has 162 valence electrons. The highest BCUT2D eigenvalue weighted by Gasteiger charge is 2.18. The Kier molecular flexibility index (Phi) is 25.8. The number of rotatable bonds is 2. The Morgan fingerprint density at radius 1 is 0.931 bits per heavy atom. The van der Waals surface area contributed by atoms with Crippen LogP contribution in [0.2, 0.25) is 0 Å². The van der Waals surface area contributed by atoms with Crippen molar-refractivity contribution >= 4 is 40.7 Å². The third-order valence-electron chi connectivity index (χ3n) is 1.48. The van der Waals surface area contributed by atoms with Gasteiger partial charge in [0.05, 0.1) is 18.1 Å². The van der Waals surface area contributed by atoms with Crippen LogP contribution in [0.25, 0.3) is 4.98 Å². The van der Waals surface area contributed by atoms with Gasteiger partial charge in [0.2, 0.25) is 11.1 Å². The number of diazo groups is 1. The van der Waals surface area contributed by atoms with Crippen LogP contribution in [0.15, 0.2) is 18.2 Å². The first-order valence-corrected chi connectivity index (χ1v) is 6.44. The summed E-state index contributed by atoms with van der Waals surface area (Å²) in [5.74, 6) is 0.164. The highest BCUT2D eigenvalue weighted by molar-refractivity contribution is 6.31. The van der Waals surface area contributed by atoms with Crippen LogP contribution in [-0.4, -0.2) is 96.6 Å². The molecule has 1 aromatic carbocycles. The van der Waals surface area contributed by atoms with Gasteiger partial charge in [0.15, 0.2) is 4.98 Å². The zero-order valence-electron chi connectivity index (χ0n) is 14.4. The SMILES string of the molecule is COc1cc([N+](=O)[O-])ccc1[N+]#N.OB(O)O.OB(O)O.OB(O)O.[O-]B(O)O. The van der Waals surface area contributed by atoms with Crippen molar-refractivity contribution < 1.29 is 69.9 Å². The summed E-state index contributed by atoms with van der Waals surface area (Å²) in [6.07, 6.45) is 0. The second-order valence-electron chi connectivity index (χ2n) is 3.58. The topological polar surface area (TPSA) is 326 Å². The monoisotopic (exact) mass is 427 g/mol. The predicted octanol–water partition coefficient (Wildman–Crippen LogP) is -6.75. The summed E-state index contributed by atoms with van der Waals surface area (Å²) < 4.78 is 4.77. The lowest BCUT2D eigenvalue weighted by Gasteiger charge is -1.94. The van der Waals surface area contributed by atoms with Gasteiger partial charge in [-0.25, -0.2) is 0 Å². The van der Waals surface area contributed by atoms with Crippen LogP contribution in [0.4, 0.5) is 11.4 Å². The molecular formula is C7H17B4N3O15. The van der Waals surface area contributed by atoms with Crippen LogP contribution in [0.3, 0.4) is 0 Å². The first kappa shape index (κ1) is 34.1. The number of methoxy groups -OCH3 is 1. The van der Waals surface area contributed by atoms with Crippen molar-refractivity contribution in [2.45, 2.75) is 0 Å². The first-order valence-electron chi connectivity index (χ1n) is 6.44.